The van der Waals surface area contributed by atoms with Crippen molar-refractivity contribution in [1.82, 2.24) is 9.88 Å². The summed E-state index contributed by atoms with van der Waals surface area (Å²) in [5.41, 5.74) is 1.22. The van der Waals surface area contributed by atoms with Crippen LogP contribution >= 0.6 is 0 Å². The van der Waals surface area contributed by atoms with Gasteiger partial charge >= 0.3 is 6.09 Å². The van der Waals surface area contributed by atoms with Gasteiger partial charge in [-0.2, -0.15) is 0 Å². The second kappa shape index (κ2) is 9.02. The van der Waals surface area contributed by atoms with Crippen LogP contribution in [0.15, 0.2) is 12.3 Å². The Bertz CT molecular complexity index is 824. The van der Waals surface area contributed by atoms with Gasteiger partial charge in [-0.3, -0.25) is 10.1 Å². The zero-order valence-corrected chi connectivity index (χ0v) is 18.6. The molecule has 2 amide bonds. The fourth-order valence-electron chi connectivity index (χ4n) is 5.39. The third kappa shape index (κ3) is 4.49. The van der Waals surface area contributed by atoms with Crippen molar-refractivity contribution in [3.05, 3.63) is 17.8 Å². The minimum atomic E-state index is -0.482. The second-order valence-corrected chi connectivity index (χ2v) is 9.22. The molecule has 4 rings (SSSR count). The van der Waals surface area contributed by atoms with E-state index < -0.39 is 6.09 Å². The van der Waals surface area contributed by atoms with E-state index in [1.54, 1.807) is 13.1 Å². The number of aromatic nitrogens is 1. The number of aliphatic hydroxyl groups is 1. The molecular formula is C23H34N4O4. The summed E-state index contributed by atoms with van der Waals surface area (Å²) in [6.45, 7) is 6.41. The van der Waals surface area contributed by atoms with Crippen LogP contribution in [-0.4, -0.2) is 65.4 Å². The van der Waals surface area contributed by atoms with E-state index in [1.807, 2.05) is 13.0 Å². The molecule has 1 saturated carbocycles. The number of carbonyl (C=O) groups is 2. The lowest BCUT2D eigenvalue weighted by atomic mass is 9.78. The van der Waals surface area contributed by atoms with Gasteiger partial charge in [-0.05, 0) is 70.4 Å². The fourth-order valence-corrected chi connectivity index (χ4v) is 5.39. The molecule has 0 aromatic carbocycles. The first kappa shape index (κ1) is 21.9. The molecule has 0 radical (unpaired) electrons. The molecule has 0 bridgehead atoms. The third-order valence-electron chi connectivity index (χ3n) is 7.16. The number of hydrogen-bond acceptors (Lipinski definition) is 6. The average molecular weight is 431 g/mol. The van der Waals surface area contributed by atoms with E-state index in [4.69, 9.17) is 4.74 Å². The zero-order chi connectivity index (χ0) is 22.0. The summed E-state index contributed by atoms with van der Waals surface area (Å²) in [4.78, 5) is 34.1. The number of amides is 2. The van der Waals surface area contributed by atoms with Crippen LogP contribution in [0, 0.1) is 12.3 Å². The number of nitrogens with one attached hydrogen (secondary N) is 1. The van der Waals surface area contributed by atoms with Crippen LogP contribution in [0.3, 0.4) is 0 Å². The number of carbonyl (C=O) groups excluding carboxylic acids is 2. The summed E-state index contributed by atoms with van der Waals surface area (Å²) in [7, 11) is 0. The van der Waals surface area contributed by atoms with Crippen LogP contribution in [0.25, 0.3) is 0 Å². The predicted octanol–water partition coefficient (Wildman–Crippen LogP) is 3.08. The standard InChI is InChI=1S/C23H34N4O4/c1-3-31-22(30)25-19-14-24-20(13-16(19)2)26-11-4-9-23(15-26)10-12-27(21(23)29)17-5-7-18(28)8-6-17/h13-14,17-18,28H,3-12,15H2,1-2H3,(H,25,30)/t17-,18-,23-/m1/s1. The second-order valence-electron chi connectivity index (χ2n) is 9.22. The minimum Gasteiger partial charge on any atom is -0.450 e. The summed E-state index contributed by atoms with van der Waals surface area (Å²) in [6.07, 6.45) is 7.16. The molecule has 2 saturated heterocycles. The highest BCUT2D eigenvalue weighted by molar-refractivity contribution is 5.87. The molecule has 3 aliphatic rings. The van der Waals surface area contributed by atoms with Crippen molar-refractivity contribution >= 4 is 23.5 Å². The number of piperidine rings is 1. The quantitative estimate of drug-likeness (QED) is 0.762. The van der Waals surface area contributed by atoms with Gasteiger partial charge in [-0.1, -0.05) is 0 Å². The van der Waals surface area contributed by atoms with E-state index in [0.29, 0.717) is 18.8 Å². The van der Waals surface area contributed by atoms with Gasteiger partial charge in [0.2, 0.25) is 5.91 Å². The zero-order valence-electron chi connectivity index (χ0n) is 18.6. The largest absolute Gasteiger partial charge is 0.450 e. The molecule has 3 heterocycles. The van der Waals surface area contributed by atoms with Gasteiger partial charge in [-0.15, -0.1) is 0 Å². The maximum atomic E-state index is 13.5. The highest BCUT2D eigenvalue weighted by Crippen LogP contribution is 2.43. The summed E-state index contributed by atoms with van der Waals surface area (Å²) in [5.74, 6) is 1.13. The van der Waals surface area contributed by atoms with E-state index in [9.17, 15) is 14.7 Å². The molecule has 1 spiro atoms. The summed E-state index contributed by atoms with van der Waals surface area (Å²) < 4.78 is 4.94. The van der Waals surface area contributed by atoms with Crippen LogP contribution in [-0.2, 0) is 9.53 Å². The number of rotatable bonds is 4. The van der Waals surface area contributed by atoms with Gasteiger partial charge in [-0.25, -0.2) is 9.78 Å². The molecule has 8 heteroatoms. The van der Waals surface area contributed by atoms with E-state index in [-0.39, 0.29) is 23.5 Å². The average Bonchev–Trinajstić information content (AvgIpc) is 3.06. The van der Waals surface area contributed by atoms with Gasteiger partial charge < -0.3 is 19.6 Å². The van der Waals surface area contributed by atoms with Gasteiger partial charge in [0, 0.05) is 25.7 Å². The van der Waals surface area contributed by atoms with Gasteiger partial charge in [0.1, 0.15) is 5.82 Å². The Morgan fingerprint density at radius 1 is 1.29 bits per heavy atom. The number of pyridine rings is 1. The number of ether oxygens (including phenoxy) is 1. The van der Waals surface area contributed by atoms with Crippen molar-refractivity contribution in [2.24, 2.45) is 5.41 Å². The number of anilines is 2. The summed E-state index contributed by atoms with van der Waals surface area (Å²) in [5, 5.41) is 12.5. The molecule has 1 aromatic heterocycles. The molecule has 1 aliphatic carbocycles. The maximum absolute atomic E-state index is 13.5. The first-order valence-corrected chi connectivity index (χ1v) is 11.6. The highest BCUT2D eigenvalue weighted by atomic mass is 16.5. The van der Waals surface area contributed by atoms with Crippen LogP contribution in [0.4, 0.5) is 16.3 Å². The Labute approximate surface area is 184 Å². The Kier molecular flexibility index (Phi) is 6.36. The van der Waals surface area contributed by atoms with Crippen molar-refractivity contribution in [2.75, 3.05) is 36.5 Å². The Balaban J connectivity index is 1.44. The monoisotopic (exact) mass is 430 g/mol. The lowest BCUT2D eigenvalue weighted by Crippen LogP contribution is -2.50. The highest BCUT2D eigenvalue weighted by Gasteiger charge is 2.50. The Morgan fingerprint density at radius 2 is 2.06 bits per heavy atom. The normalized spacial score (nSPS) is 28.8. The van der Waals surface area contributed by atoms with Crippen molar-refractivity contribution in [3.63, 3.8) is 0 Å². The Hall–Kier alpha value is -2.35. The van der Waals surface area contributed by atoms with E-state index in [0.717, 1.165) is 69.4 Å². The van der Waals surface area contributed by atoms with Crippen LogP contribution in [0.1, 0.15) is 57.4 Å². The van der Waals surface area contributed by atoms with Gasteiger partial charge in [0.05, 0.1) is 30.0 Å². The Morgan fingerprint density at radius 3 is 2.77 bits per heavy atom. The molecule has 1 aromatic rings. The molecule has 31 heavy (non-hydrogen) atoms. The molecule has 1 atom stereocenters. The first-order chi connectivity index (χ1) is 14.9. The lowest BCUT2D eigenvalue weighted by molar-refractivity contribution is -0.139. The summed E-state index contributed by atoms with van der Waals surface area (Å²) in [6, 6.07) is 2.25. The third-order valence-corrected chi connectivity index (χ3v) is 7.16. The van der Waals surface area contributed by atoms with Crippen molar-refractivity contribution in [2.45, 2.75) is 70.9 Å². The molecular weight excluding hydrogens is 396 g/mol. The van der Waals surface area contributed by atoms with Crippen molar-refractivity contribution in [1.29, 1.82) is 0 Å². The number of nitrogens with zero attached hydrogens (tertiary/aromatic N) is 3. The van der Waals surface area contributed by atoms with Crippen LogP contribution in [0.2, 0.25) is 0 Å². The predicted molar refractivity (Wildman–Crippen MR) is 118 cm³/mol. The number of aryl methyl sites for hydroxylation is 1. The summed E-state index contributed by atoms with van der Waals surface area (Å²) >= 11 is 0. The van der Waals surface area contributed by atoms with Crippen LogP contribution in [0.5, 0.6) is 0 Å². The van der Waals surface area contributed by atoms with Crippen molar-refractivity contribution < 1.29 is 19.4 Å². The molecule has 8 nitrogen and oxygen atoms in total. The minimum absolute atomic E-state index is 0.205. The SMILES string of the molecule is CCOC(=O)Nc1cnc(N2CCC[C@@]3(CCN([C@H]4CC[C@H](O)CC4)C3=O)C2)cc1C. The van der Waals surface area contributed by atoms with Gasteiger partial charge in [0.25, 0.3) is 0 Å². The number of likely N-dealkylation sites (tertiary alicyclic amines) is 1. The van der Waals surface area contributed by atoms with E-state index >= 15 is 0 Å². The fraction of sp³-hybridized carbons (Fsp3) is 0.696. The molecule has 2 aliphatic heterocycles. The first-order valence-electron chi connectivity index (χ1n) is 11.6. The maximum Gasteiger partial charge on any atom is 0.411 e. The van der Waals surface area contributed by atoms with Crippen molar-refractivity contribution in [3.8, 4) is 0 Å². The smallest absolute Gasteiger partial charge is 0.411 e. The molecule has 0 unspecified atom stereocenters. The number of aliphatic hydroxyl groups excluding tert-OH is 1. The lowest BCUT2D eigenvalue weighted by Gasteiger charge is -2.41. The number of hydrogen-bond donors (Lipinski definition) is 2. The van der Waals surface area contributed by atoms with E-state index in [1.165, 1.54) is 0 Å². The van der Waals surface area contributed by atoms with E-state index in [2.05, 4.69) is 20.1 Å². The van der Waals surface area contributed by atoms with Gasteiger partial charge in [0.15, 0.2) is 0 Å². The molecule has 3 fully saturated rings. The molecule has 2 N–H and O–H groups in total. The topological polar surface area (TPSA) is 95.0 Å². The molecule has 170 valence electrons. The van der Waals surface area contributed by atoms with Crippen LogP contribution < -0.4 is 10.2 Å².